The van der Waals surface area contributed by atoms with Gasteiger partial charge in [0.05, 0.1) is 0 Å². The van der Waals surface area contributed by atoms with Crippen molar-refractivity contribution in [3.63, 3.8) is 0 Å². The van der Waals surface area contributed by atoms with Crippen molar-refractivity contribution in [2.24, 2.45) is 0 Å². The minimum Gasteiger partial charge on any atom is -0.374 e. The van der Waals surface area contributed by atoms with Gasteiger partial charge in [-0.1, -0.05) is 42.5 Å². The molecule has 0 spiro atoms. The fourth-order valence-electron chi connectivity index (χ4n) is 1.78. The van der Waals surface area contributed by atoms with Crippen LogP contribution in [0, 0.1) is 0 Å². The number of nitrogens with zero attached hydrogens (tertiary/aromatic N) is 1. The van der Waals surface area contributed by atoms with E-state index in [4.69, 9.17) is 0 Å². The second-order valence-electron chi connectivity index (χ2n) is 4.51. The Morgan fingerprint density at radius 2 is 1.78 bits per heavy atom. The molecule has 0 aromatic heterocycles. The standard InChI is InChI=1S/C16H17NO/c1-13-11-15(9-10-17(13)2)6-3-14-4-7-16(12-18)8-5-14/h3-13H,1-2H3. The van der Waals surface area contributed by atoms with Gasteiger partial charge in [0.1, 0.15) is 6.29 Å². The van der Waals surface area contributed by atoms with E-state index in [1.165, 1.54) is 5.57 Å². The molecular formula is C16H17NO. The van der Waals surface area contributed by atoms with Crippen LogP contribution < -0.4 is 0 Å². The molecule has 0 radical (unpaired) electrons. The smallest absolute Gasteiger partial charge is 0.150 e. The summed E-state index contributed by atoms with van der Waals surface area (Å²) in [7, 11) is 2.07. The normalized spacial score (nSPS) is 19.1. The number of likely N-dealkylation sites (N-methyl/N-ethyl adjacent to an activating group) is 1. The number of aldehydes is 1. The summed E-state index contributed by atoms with van der Waals surface area (Å²) >= 11 is 0. The lowest BCUT2D eigenvalue weighted by Gasteiger charge is -2.23. The first kappa shape index (κ1) is 12.4. The highest BCUT2D eigenvalue weighted by Gasteiger charge is 2.06. The van der Waals surface area contributed by atoms with Crippen molar-refractivity contribution in [1.82, 2.24) is 4.90 Å². The van der Waals surface area contributed by atoms with Gasteiger partial charge in [0.2, 0.25) is 0 Å². The minimum atomic E-state index is 0.423. The summed E-state index contributed by atoms with van der Waals surface area (Å²) in [4.78, 5) is 12.7. The molecule has 0 saturated heterocycles. The van der Waals surface area contributed by atoms with Crippen LogP contribution in [0.4, 0.5) is 0 Å². The van der Waals surface area contributed by atoms with Crippen LogP contribution in [-0.4, -0.2) is 24.3 Å². The van der Waals surface area contributed by atoms with Crippen LogP contribution in [0.3, 0.4) is 0 Å². The molecule has 92 valence electrons. The van der Waals surface area contributed by atoms with E-state index in [1.54, 1.807) is 0 Å². The van der Waals surface area contributed by atoms with Gasteiger partial charge in [-0.15, -0.1) is 0 Å². The first-order valence-corrected chi connectivity index (χ1v) is 6.04. The summed E-state index contributed by atoms with van der Waals surface area (Å²) in [5.74, 6) is 0. The van der Waals surface area contributed by atoms with Crippen molar-refractivity contribution in [2.75, 3.05) is 7.05 Å². The van der Waals surface area contributed by atoms with Crippen LogP contribution in [0.15, 0.2) is 54.3 Å². The third-order valence-corrected chi connectivity index (χ3v) is 3.12. The summed E-state index contributed by atoms with van der Waals surface area (Å²) in [5, 5.41) is 0. The number of hydrogen-bond acceptors (Lipinski definition) is 2. The van der Waals surface area contributed by atoms with Crippen molar-refractivity contribution in [3.8, 4) is 0 Å². The Labute approximate surface area is 108 Å². The molecule has 1 atom stereocenters. The zero-order valence-corrected chi connectivity index (χ0v) is 10.7. The van der Waals surface area contributed by atoms with E-state index >= 15 is 0 Å². The maximum atomic E-state index is 10.5. The van der Waals surface area contributed by atoms with Gasteiger partial charge in [0, 0.05) is 18.7 Å². The molecule has 2 nitrogen and oxygen atoms in total. The molecular weight excluding hydrogens is 222 g/mol. The van der Waals surface area contributed by atoms with E-state index in [0.29, 0.717) is 11.6 Å². The van der Waals surface area contributed by atoms with Gasteiger partial charge in [-0.05, 0) is 30.3 Å². The Morgan fingerprint density at radius 3 is 2.39 bits per heavy atom. The second kappa shape index (κ2) is 5.50. The van der Waals surface area contributed by atoms with Gasteiger partial charge < -0.3 is 4.90 Å². The highest BCUT2D eigenvalue weighted by molar-refractivity contribution is 5.75. The lowest BCUT2D eigenvalue weighted by molar-refractivity contribution is 0.112. The van der Waals surface area contributed by atoms with Crippen molar-refractivity contribution in [3.05, 3.63) is 65.4 Å². The van der Waals surface area contributed by atoms with Crippen LogP contribution in [0.25, 0.3) is 6.08 Å². The molecule has 0 bridgehead atoms. The Hall–Kier alpha value is -2.09. The largest absolute Gasteiger partial charge is 0.374 e. The summed E-state index contributed by atoms with van der Waals surface area (Å²) in [5.41, 5.74) is 3.01. The Kier molecular flexibility index (Phi) is 3.78. The predicted molar refractivity (Wildman–Crippen MR) is 75.3 cm³/mol. The Bertz CT molecular complexity index is 508. The third kappa shape index (κ3) is 2.98. The van der Waals surface area contributed by atoms with Gasteiger partial charge in [-0.25, -0.2) is 0 Å². The summed E-state index contributed by atoms with van der Waals surface area (Å²) in [6.07, 6.45) is 11.4. The molecule has 1 unspecified atom stereocenters. The van der Waals surface area contributed by atoms with Gasteiger partial charge in [-0.3, -0.25) is 4.79 Å². The van der Waals surface area contributed by atoms with E-state index < -0.39 is 0 Å². The van der Waals surface area contributed by atoms with E-state index in [9.17, 15) is 4.79 Å². The van der Waals surface area contributed by atoms with Crippen molar-refractivity contribution >= 4 is 12.4 Å². The van der Waals surface area contributed by atoms with Crippen molar-refractivity contribution in [2.45, 2.75) is 13.0 Å². The van der Waals surface area contributed by atoms with Gasteiger partial charge in [0.15, 0.2) is 0 Å². The molecule has 1 aromatic rings. The molecule has 0 amide bonds. The van der Waals surface area contributed by atoms with Crippen LogP contribution >= 0.6 is 0 Å². The summed E-state index contributed by atoms with van der Waals surface area (Å²) < 4.78 is 0. The Balaban J connectivity index is 2.09. The van der Waals surface area contributed by atoms with E-state index in [0.717, 1.165) is 11.8 Å². The molecule has 0 saturated carbocycles. The van der Waals surface area contributed by atoms with Crippen molar-refractivity contribution in [1.29, 1.82) is 0 Å². The zero-order valence-electron chi connectivity index (χ0n) is 10.7. The summed E-state index contributed by atoms with van der Waals surface area (Å²) in [6.45, 7) is 2.16. The molecule has 18 heavy (non-hydrogen) atoms. The van der Waals surface area contributed by atoms with E-state index in [-0.39, 0.29) is 0 Å². The van der Waals surface area contributed by atoms with E-state index in [1.807, 2.05) is 24.3 Å². The number of allylic oxidation sites excluding steroid dienone is 3. The van der Waals surface area contributed by atoms with Gasteiger partial charge in [-0.2, -0.15) is 0 Å². The molecule has 1 aliphatic heterocycles. The van der Waals surface area contributed by atoms with E-state index in [2.05, 4.69) is 49.4 Å². The average molecular weight is 239 g/mol. The lowest BCUT2D eigenvalue weighted by atomic mass is 10.1. The molecule has 1 aliphatic rings. The molecule has 0 N–H and O–H groups in total. The maximum absolute atomic E-state index is 10.5. The highest BCUT2D eigenvalue weighted by Crippen LogP contribution is 2.14. The zero-order chi connectivity index (χ0) is 13.0. The van der Waals surface area contributed by atoms with Crippen LogP contribution in [0.1, 0.15) is 22.8 Å². The first-order chi connectivity index (χ1) is 8.69. The SMILES string of the molecule is CC1C=C(C=Cc2ccc(C=O)cc2)C=CN1C. The van der Waals surface area contributed by atoms with Crippen LogP contribution in [0.5, 0.6) is 0 Å². The molecule has 2 rings (SSSR count). The van der Waals surface area contributed by atoms with Crippen LogP contribution in [-0.2, 0) is 0 Å². The van der Waals surface area contributed by atoms with Crippen molar-refractivity contribution < 1.29 is 4.79 Å². The Morgan fingerprint density at radius 1 is 1.11 bits per heavy atom. The van der Waals surface area contributed by atoms with Gasteiger partial charge >= 0.3 is 0 Å². The number of carbonyl (C=O) groups is 1. The number of benzene rings is 1. The average Bonchev–Trinajstić information content (AvgIpc) is 2.41. The molecule has 0 aliphatic carbocycles. The third-order valence-electron chi connectivity index (χ3n) is 3.12. The predicted octanol–water partition coefficient (Wildman–Crippen LogP) is 3.29. The number of rotatable bonds is 3. The highest BCUT2D eigenvalue weighted by atomic mass is 16.1. The molecule has 1 aromatic carbocycles. The topological polar surface area (TPSA) is 20.3 Å². The summed E-state index contributed by atoms with van der Waals surface area (Å²) in [6, 6.07) is 7.97. The number of hydrogen-bond donors (Lipinski definition) is 0. The minimum absolute atomic E-state index is 0.423. The molecule has 0 fully saturated rings. The molecule has 1 heterocycles. The second-order valence-corrected chi connectivity index (χ2v) is 4.51. The fourth-order valence-corrected chi connectivity index (χ4v) is 1.78. The quantitative estimate of drug-likeness (QED) is 0.754. The fraction of sp³-hybridized carbons (Fsp3) is 0.188. The van der Waals surface area contributed by atoms with Crippen LogP contribution in [0.2, 0.25) is 0 Å². The lowest BCUT2D eigenvalue weighted by Crippen LogP contribution is -2.23. The van der Waals surface area contributed by atoms with Gasteiger partial charge in [0.25, 0.3) is 0 Å². The molecule has 2 heteroatoms. The number of carbonyl (C=O) groups excluding carboxylic acids is 1. The first-order valence-electron chi connectivity index (χ1n) is 6.04. The maximum Gasteiger partial charge on any atom is 0.150 e. The monoisotopic (exact) mass is 239 g/mol.